The summed E-state index contributed by atoms with van der Waals surface area (Å²) in [5.74, 6) is -0.919. The Morgan fingerprint density at radius 2 is 1.63 bits per heavy atom. The second-order valence-electron chi connectivity index (χ2n) is 7.64. The van der Waals surface area contributed by atoms with Crippen LogP contribution in [-0.2, 0) is 11.2 Å². The standard InChI is InChI=1S/C25H22N2O3/c1-15-11-18(23-21(12-15)24(29)27(3)25(23)30)14-22(28)26-19-9-10-20(16(2)13-19)17-7-5-4-6-8-17/h4-13H,14H2,1-3H3,(H,26,28). The highest BCUT2D eigenvalue weighted by atomic mass is 16.2. The normalized spacial score (nSPS) is 12.8. The summed E-state index contributed by atoms with van der Waals surface area (Å²) < 4.78 is 0. The van der Waals surface area contributed by atoms with Crippen LogP contribution in [0.3, 0.4) is 0 Å². The minimum atomic E-state index is -0.360. The molecule has 0 spiro atoms. The third-order valence-electron chi connectivity index (χ3n) is 5.36. The van der Waals surface area contributed by atoms with E-state index in [2.05, 4.69) is 5.32 Å². The number of hydrogen-bond acceptors (Lipinski definition) is 3. The van der Waals surface area contributed by atoms with E-state index < -0.39 is 0 Å². The SMILES string of the molecule is Cc1cc(CC(=O)Nc2ccc(-c3ccccc3)c(C)c2)c2c(c1)C(=O)N(C)C2=O. The second kappa shape index (κ2) is 7.59. The predicted octanol–water partition coefficient (Wildman–Crippen LogP) is 4.38. The highest BCUT2D eigenvalue weighted by Gasteiger charge is 2.35. The highest BCUT2D eigenvalue weighted by molar-refractivity contribution is 6.22. The Bertz CT molecular complexity index is 1180. The van der Waals surface area contributed by atoms with Gasteiger partial charge in [-0.25, -0.2) is 0 Å². The number of hydrogen-bond donors (Lipinski definition) is 1. The number of carbonyl (C=O) groups is 3. The fourth-order valence-corrected chi connectivity index (χ4v) is 3.92. The van der Waals surface area contributed by atoms with Crippen LogP contribution in [0.5, 0.6) is 0 Å². The van der Waals surface area contributed by atoms with E-state index >= 15 is 0 Å². The van der Waals surface area contributed by atoms with Gasteiger partial charge in [-0.1, -0.05) is 42.5 Å². The Morgan fingerprint density at radius 1 is 0.900 bits per heavy atom. The van der Waals surface area contributed by atoms with Crippen molar-refractivity contribution in [3.8, 4) is 11.1 Å². The molecule has 150 valence electrons. The Labute approximate surface area is 175 Å². The first-order valence-corrected chi connectivity index (χ1v) is 9.77. The molecule has 0 aromatic heterocycles. The summed E-state index contributed by atoms with van der Waals surface area (Å²) in [5, 5.41) is 2.91. The zero-order valence-electron chi connectivity index (χ0n) is 17.2. The van der Waals surface area contributed by atoms with Gasteiger partial charge in [0.05, 0.1) is 17.5 Å². The van der Waals surface area contributed by atoms with Crippen LogP contribution in [0.1, 0.15) is 37.4 Å². The number of anilines is 1. The topological polar surface area (TPSA) is 66.5 Å². The quantitative estimate of drug-likeness (QED) is 0.664. The van der Waals surface area contributed by atoms with Gasteiger partial charge in [0, 0.05) is 12.7 Å². The molecule has 5 nitrogen and oxygen atoms in total. The molecular formula is C25H22N2O3. The van der Waals surface area contributed by atoms with Crippen LogP contribution in [0.15, 0.2) is 60.7 Å². The lowest BCUT2D eigenvalue weighted by atomic mass is 9.97. The van der Waals surface area contributed by atoms with Gasteiger partial charge in [0.1, 0.15) is 0 Å². The molecule has 0 unspecified atom stereocenters. The van der Waals surface area contributed by atoms with Crippen LogP contribution in [0, 0.1) is 13.8 Å². The van der Waals surface area contributed by atoms with Crippen molar-refractivity contribution >= 4 is 23.4 Å². The first-order valence-electron chi connectivity index (χ1n) is 9.77. The van der Waals surface area contributed by atoms with Crippen LogP contribution in [0.2, 0.25) is 0 Å². The molecule has 0 saturated carbocycles. The smallest absolute Gasteiger partial charge is 0.261 e. The van der Waals surface area contributed by atoms with E-state index in [0.717, 1.165) is 27.2 Å². The Kier molecular flexibility index (Phi) is 4.96. The molecule has 0 bridgehead atoms. The fourth-order valence-electron chi connectivity index (χ4n) is 3.92. The zero-order chi connectivity index (χ0) is 21.4. The van der Waals surface area contributed by atoms with Gasteiger partial charge in [-0.05, 0) is 59.9 Å². The van der Waals surface area contributed by atoms with Crippen molar-refractivity contribution in [2.45, 2.75) is 20.3 Å². The van der Waals surface area contributed by atoms with E-state index in [1.807, 2.05) is 62.4 Å². The number of amides is 3. The summed E-state index contributed by atoms with van der Waals surface area (Å²) in [7, 11) is 1.46. The average molecular weight is 398 g/mol. The van der Waals surface area contributed by atoms with Gasteiger partial charge in [0.2, 0.25) is 5.91 Å². The maximum Gasteiger partial charge on any atom is 0.261 e. The molecular weight excluding hydrogens is 376 g/mol. The summed E-state index contributed by atoms with van der Waals surface area (Å²) in [6.07, 6.45) is 0.0242. The van der Waals surface area contributed by atoms with E-state index in [0.29, 0.717) is 22.4 Å². The average Bonchev–Trinajstić information content (AvgIpc) is 2.92. The molecule has 4 rings (SSSR count). The van der Waals surface area contributed by atoms with Crippen LogP contribution in [-0.4, -0.2) is 29.7 Å². The molecule has 0 saturated heterocycles. The molecule has 1 heterocycles. The van der Waals surface area contributed by atoms with Crippen molar-refractivity contribution in [3.05, 3.63) is 88.5 Å². The molecule has 30 heavy (non-hydrogen) atoms. The number of carbonyl (C=O) groups excluding carboxylic acids is 3. The molecule has 0 radical (unpaired) electrons. The molecule has 5 heteroatoms. The molecule has 0 aliphatic carbocycles. The third kappa shape index (κ3) is 3.50. The van der Waals surface area contributed by atoms with Crippen molar-refractivity contribution < 1.29 is 14.4 Å². The van der Waals surface area contributed by atoms with E-state index in [-0.39, 0.29) is 24.1 Å². The van der Waals surface area contributed by atoms with Crippen molar-refractivity contribution in [2.24, 2.45) is 0 Å². The van der Waals surface area contributed by atoms with Crippen molar-refractivity contribution in [1.82, 2.24) is 4.90 Å². The number of nitrogens with zero attached hydrogens (tertiary/aromatic N) is 1. The number of fused-ring (bicyclic) bond motifs is 1. The van der Waals surface area contributed by atoms with Gasteiger partial charge in [0.25, 0.3) is 11.8 Å². The molecule has 0 fully saturated rings. The number of rotatable bonds is 4. The Morgan fingerprint density at radius 3 is 2.33 bits per heavy atom. The van der Waals surface area contributed by atoms with Gasteiger partial charge < -0.3 is 5.32 Å². The summed E-state index contributed by atoms with van der Waals surface area (Å²) in [6, 6.07) is 19.4. The number of benzene rings is 3. The maximum absolute atomic E-state index is 12.7. The summed E-state index contributed by atoms with van der Waals surface area (Å²) in [4.78, 5) is 38.6. The molecule has 0 atom stereocenters. The molecule has 3 amide bonds. The zero-order valence-corrected chi connectivity index (χ0v) is 17.2. The highest BCUT2D eigenvalue weighted by Crippen LogP contribution is 2.28. The van der Waals surface area contributed by atoms with Crippen molar-refractivity contribution in [1.29, 1.82) is 0 Å². The molecule has 1 aliphatic heterocycles. The van der Waals surface area contributed by atoms with E-state index in [9.17, 15) is 14.4 Å². The minimum Gasteiger partial charge on any atom is -0.326 e. The summed E-state index contributed by atoms with van der Waals surface area (Å²) in [5.41, 5.74) is 6.10. The predicted molar refractivity (Wildman–Crippen MR) is 117 cm³/mol. The van der Waals surface area contributed by atoms with Gasteiger partial charge in [-0.15, -0.1) is 0 Å². The van der Waals surface area contributed by atoms with Crippen LogP contribution >= 0.6 is 0 Å². The molecule has 3 aromatic rings. The largest absolute Gasteiger partial charge is 0.326 e. The van der Waals surface area contributed by atoms with Crippen molar-refractivity contribution in [2.75, 3.05) is 12.4 Å². The van der Waals surface area contributed by atoms with Gasteiger partial charge in [0.15, 0.2) is 0 Å². The summed E-state index contributed by atoms with van der Waals surface area (Å²) in [6.45, 7) is 3.86. The van der Waals surface area contributed by atoms with Gasteiger partial charge in [-0.2, -0.15) is 0 Å². The summed E-state index contributed by atoms with van der Waals surface area (Å²) >= 11 is 0. The Balaban J connectivity index is 1.56. The van der Waals surface area contributed by atoms with Crippen LogP contribution in [0.25, 0.3) is 11.1 Å². The minimum absolute atomic E-state index is 0.0242. The molecule has 1 N–H and O–H groups in total. The monoisotopic (exact) mass is 398 g/mol. The van der Waals surface area contributed by atoms with E-state index in [1.54, 1.807) is 12.1 Å². The number of nitrogens with one attached hydrogen (secondary N) is 1. The van der Waals surface area contributed by atoms with Crippen LogP contribution < -0.4 is 5.32 Å². The second-order valence-corrected chi connectivity index (χ2v) is 7.64. The lowest BCUT2D eigenvalue weighted by molar-refractivity contribution is -0.115. The van der Waals surface area contributed by atoms with Crippen LogP contribution in [0.4, 0.5) is 5.69 Å². The first kappa shape index (κ1) is 19.6. The van der Waals surface area contributed by atoms with Gasteiger partial charge >= 0.3 is 0 Å². The lowest BCUT2D eigenvalue weighted by Gasteiger charge is -2.12. The third-order valence-corrected chi connectivity index (χ3v) is 5.36. The number of aryl methyl sites for hydroxylation is 2. The lowest BCUT2D eigenvalue weighted by Crippen LogP contribution is -2.24. The maximum atomic E-state index is 12.7. The fraction of sp³-hybridized carbons (Fsp3) is 0.160. The van der Waals surface area contributed by atoms with Crippen molar-refractivity contribution in [3.63, 3.8) is 0 Å². The molecule has 1 aliphatic rings. The van der Waals surface area contributed by atoms with E-state index in [4.69, 9.17) is 0 Å². The van der Waals surface area contributed by atoms with E-state index in [1.165, 1.54) is 7.05 Å². The Hall–Kier alpha value is -3.73. The molecule has 3 aromatic carbocycles. The first-order chi connectivity index (χ1) is 14.3. The van der Waals surface area contributed by atoms with Gasteiger partial charge in [-0.3, -0.25) is 19.3 Å². The number of imide groups is 1.